The number of nitrogens with zero attached hydrogens (tertiary/aromatic N) is 2. The number of aromatic amines is 1. The van der Waals surface area contributed by atoms with E-state index < -0.39 is 0 Å². The number of aryl methyl sites for hydroxylation is 2. The van der Waals surface area contributed by atoms with Gasteiger partial charge < -0.3 is 10.5 Å². The highest BCUT2D eigenvalue weighted by molar-refractivity contribution is 5.87. The molecule has 1 atom stereocenters. The third kappa shape index (κ3) is 4.30. The van der Waals surface area contributed by atoms with Crippen LogP contribution in [0.15, 0.2) is 60.8 Å². The summed E-state index contributed by atoms with van der Waals surface area (Å²) in [5.41, 5.74) is 12.8. The van der Waals surface area contributed by atoms with Crippen LogP contribution < -0.4 is 10.5 Å². The lowest BCUT2D eigenvalue weighted by Gasteiger charge is -2.15. The lowest BCUT2D eigenvalue weighted by atomic mass is 10.0. The maximum Gasteiger partial charge on any atom is 0.138 e. The maximum absolute atomic E-state index is 6.27. The molecule has 5 heteroatoms. The second-order valence-corrected chi connectivity index (χ2v) is 7.36. The fraction of sp³-hybridized carbons (Fsp3) is 0.250. The smallest absolute Gasteiger partial charge is 0.138 e. The summed E-state index contributed by atoms with van der Waals surface area (Å²) < 4.78 is 5.99. The van der Waals surface area contributed by atoms with Gasteiger partial charge in [-0.1, -0.05) is 43.3 Å². The lowest BCUT2D eigenvalue weighted by molar-refractivity contribution is 0.286. The van der Waals surface area contributed by atoms with E-state index in [2.05, 4.69) is 52.4 Å². The average Bonchev–Trinajstić information content (AvgIpc) is 3.13. The minimum Gasteiger partial charge on any atom is -0.490 e. The molecule has 0 spiro atoms. The van der Waals surface area contributed by atoms with Gasteiger partial charge in [0.1, 0.15) is 12.4 Å². The molecule has 0 saturated carbocycles. The Labute approximate surface area is 170 Å². The summed E-state index contributed by atoms with van der Waals surface area (Å²) in [6, 6.07) is 18.5. The Morgan fingerprint density at radius 2 is 1.93 bits per heavy atom. The summed E-state index contributed by atoms with van der Waals surface area (Å²) in [7, 11) is 0. The molecule has 0 amide bonds. The molecule has 0 radical (unpaired) electrons. The molecule has 2 heterocycles. The highest BCUT2D eigenvalue weighted by atomic mass is 16.5. The van der Waals surface area contributed by atoms with Gasteiger partial charge in [-0.3, -0.25) is 10.1 Å². The zero-order valence-electron chi connectivity index (χ0n) is 16.9. The fourth-order valence-electron chi connectivity index (χ4n) is 3.57. The number of nitrogens with one attached hydrogen (secondary N) is 1. The Balaban J connectivity index is 1.54. The van der Waals surface area contributed by atoms with Crippen molar-refractivity contribution in [2.45, 2.75) is 32.7 Å². The minimum atomic E-state index is -0.0726. The van der Waals surface area contributed by atoms with Crippen molar-refractivity contribution in [3.05, 3.63) is 77.7 Å². The predicted octanol–water partition coefficient (Wildman–Crippen LogP) is 4.44. The minimum absolute atomic E-state index is 0.0726. The van der Waals surface area contributed by atoms with Crippen LogP contribution in [0.4, 0.5) is 0 Å². The highest BCUT2D eigenvalue weighted by Crippen LogP contribution is 2.30. The van der Waals surface area contributed by atoms with Crippen molar-refractivity contribution < 1.29 is 4.74 Å². The molecule has 4 aromatic rings. The topological polar surface area (TPSA) is 76.8 Å². The van der Waals surface area contributed by atoms with Gasteiger partial charge in [0, 0.05) is 28.4 Å². The van der Waals surface area contributed by atoms with Gasteiger partial charge in [-0.15, -0.1) is 0 Å². The number of nitrogens with two attached hydrogens (primary N) is 1. The first-order valence-corrected chi connectivity index (χ1v) is 10.0. The number of aromatic nitrogens is 3. The molecule has 29 heavy (non-hydrogen) atoms. The van der Waals surface area contributed by atoms with Gasteiger partial charge >= 0.3 is 0 Å². The molecule has 0 aliphatic carbocycles. The van der Waals surface area contributed by atoms with E-state index in [1.807, 2.05) is 31.2 Å². The molecule has 2 aromatic heterocycles. The van der Waals surface area contributed by atoms with Crippen LogP contribution in [0.3, 0.4) is 0 Å². The van der Waals surface area contributed by atoms with Gasteiger partial charge in [0.05, 0.1) is 11.7 Å². The second-order valence-electron chi connectivity index (χ2n) is 7.36. The van der Waals surface area contributed by atoms with Crippen LogP contribution in [0, 0.1) is 6.92 Å². The number of hydrogen-bond donors (Lipinski definition) is 2. The van der Waals surface area contributed by atoms with E-state index in [9.17, 15) is 0 Å². The molecule has 0 unspecified atom stereocenters. The number of fused-ring (bicyclic) bond motifs is 1. The SMILES string of the molecule is CCc1ncc(OC[C@@H](N)Cc2ccccc2)cc1-c1ccc2n[nH]c(C)c2c1. The first kappa shape index (κ1) is 19.2. The van der Waals surface area contributed by atoms with Gasteiger partial charge in [-0.05, 0) is 49.1 Å². The van der Waals surface area contributed by atoms with Gasteiger partial charge in [0.2, 0.25) is 0 Å². The van der Waals surface area contributed by atoms with Crippen LogP contribution in [-0.4, -0.2) is 27.8 Å². The summed E-state index contributed by atoms with van der Waals surface area (Å²) in [5, 5.41) is 8.49. The normalized spacial score (nSPS) is 12.2. The van der Waals surface area contributed by atoms with Crippen LogP contribution in [0.2, 0.25) is 0 Å². The molecule has 0 bridgehead atoms. The van der Waals surface area contributed by atoms with Crippen molar-refractivity contribution in [1.82, 2.24) is 15.2 Å². The molecule has 0 aliphatic rings. The van der Waals surface area contributed by atoms with Gasteiger partial charge in [0.15, 0.2) is 0 Å². The summed E-state index contributed by atoms with van der Waals surface area (Å²) in [5.74, 6) is 0.740. The number of H-pyrrole nitrogens is 1. The summed E-state index contributed by atoms with van der Waals surface area (Å²) in [6.07, 6.45) is 3.43. The van der Waals surface area contributed by atoms with E-state index in [0.29, 0.717) is 6.61 Å². The van der Waals surface area contributed by atoms with Crippen LogP contribution in [-0.2, 0) is 12.8 Å². The average molecular weight is 386 g/mol. The van der Waals surface area contributed by atoms with Crippen molar-refractivity contribution >= 4 is 10.9 Å². The van der Waals surface area contributed by atoms with Crippen molar-refractivity contribution in [1.29, 1.82) is 0 Å². The van der Waals surface area contributed by atoms with Gasteiger partial charge in [0.25, 0.3) is 0 Å². The van der Waals surface area contributed by atoms with Crippen LogP contribution in [0.1, 0.15) is 23.9 Å². The van der Waals surface area contributed by atoms with Gasteiger partial charge in [-0.2, -0.15) is 5.10 Å². The van der Waals surface area contributed by atoms with Crippen LogP contribution in [0.5, 0.6) is 5.75 Å². The predicted molar refractivity (Wildman–Crippen MR) is 117 cm³/mol. The van der Waals surface area contributed by atoms with E-state index in [-0.39, 0.29) is 6.04 Å². The highest BCUT2D eigenvalue weighted by Gasteiger charge is 2.12. The molecule has 0 aliphatic heterocycles. The Morgan fingerprint density at radius 1 is 1.10 bits per heavy atom. The Hall–Kier alpha value is -3.18. The number of hydrogen-bond acceptors (Lipinski definition) is 4. The Kier molecular flexibility index (Phi) is 5.58. The zero-order chi connectivity index (χ0) is 20.2. The third-order valence-corrected chi connectivity index (χ3v) is 5.14. The summed E-state index contributed by atoms with van der Waals surface area (Å²) in [4.78, 5) is 4.64. The number of pyridine rings is 1. The van der Waals surface area contributed by atoms with Crippen molar-refractivity contribution in [2.75, 3.05) is 6.61 Å². The Bertz CT molecular complexity index is 1100. The van der Waals surface area contributed by atoms with E-state index in [0.717, 1.165) is 52.0 Å². The fourth-order valence-corrected chi connectivity index (χ4v) is 3.57. The first-order chi connectivity index (χ1) is 14.1. The van der Waals surface area contributed by atoms with E-state index >= 15 is 0 Å². The summed E-state index contributed by atoms with van der Waals surface area (Å²) in [6.45, 7) is 4.59. The molecule has 2 aromatic carbocycles. The molecule has 148 valence electrons. The largest absolute Gasteiger partial charge is 0.490 e. The molecular formula is C24H26N4O. The number of benzene rings is 2. The summed E-state index contributed by atoms with van der Waals surface area (Å²) >= 11 is 0. The Morgan fingerprint density at radius 3 is 2.72 bits per heavy atom. The number of rotatable bonds is 7. The second kappa shape index (κ2) is 8.45. The van der Waals surface area contributed by atoms with Crippen molar-refractivity contribution in [3.8, 4) is 16.9 Å². The quantitative estimate of drug-likeness (QED) is 0.492. The van der Waals surface area contributed by atoms with Crippen LogP contribution in [0.25, 0.3) is 22.0 Å². The first-order valence-electron chi connectivity index (χ1n) is 10.0. The molecular weight excluding hydrogens is 360 g/mol. The van der Waals surface area contributed by atoms with Crippen molar-refractivity contribution in [2.24, 2.45) is 5.73 Å². The molecule has 0 fully saturated rings. The van der Waals surface area contributed by atoms with Gasteiger partial charge in [-0.25, -0.2) is 0 Å². The lowest BCUT2D eigenvalue weighted by Crippen LogP contribution is -2.30. The molecule has 5 nitrogen and oxygen atoms in total. The van der Waals surface area contributed by atoms with E-state index in [1.54, 1.807) is 6.20 Å². The standard InChI is InChI=1S/C24H26N4O/c1-3-23-22(18-9-10-24-21(12-18)16(2)27-28-24)13-20(14-26-23)29-15-19(25)11-17-7-5-4-6-8-17/h4-10,12-14,19H,3,11,15,25H2,1-2H3,(H,27,28)/t19-/m0/s1. The van der Waals surface area contributed by atoms with E-state index in [1.165, 1.54) is 5.56 Å². The molecule has 4 rings (SSSR count). The molecule has 3 N–H and O–H groups in total. The van der Waals surface area contributed by atoms with Crippen LogP contribution >= 0.6 is 0 Å². The number of ether oxygens (including phenoxy) is 1. The van der Waals surface area contributed by atoms with Crippen molar-refractivity contribution in [3.63, 3.8) is 0 Å². The maximum atomic E-state index is 6.27. The molecule has 0 saturated heterocycles. The van der Waals surface area contributed by atoms with E-state index in [4.69, 9.17) is 10.5 Å². The monoisotopic (exact) mass is 386 g/mol. The third-order valence-electron chi connectivity index (χ3n) is 5.14. The zero-order valence-corrected chi connectivity index (χ0v) is 16.9.